The Balaban J connectivity index is 2.23. The van der Waals surface area contributed by atoms with Crippen LogP contribution in [0.25, 0.3) is 22.2 Å². The van der Waals surface area contributed by atoms with Crippen molar-refractivity contribution in [2.24, 2.45) is 0 Å². The number of esters is 1. The van der Waals surface area contributed by atoms with Crippen LogP contribution in [0.4, 0.5) is 5.69 Å². The van der Waals surface area contributed by atoms with Gasteiger partial charge in [-0.25, -0.2) is 0 Å². The molecular weight excluding hydrogens is 300 g/mol. The van der Waals surface area contributed by atoms with Crippen LogP contribution in [0.1, 0.15) is 12.6 Å². The van der Waals surface area contributed by atoms with E-state index in [4.69, 9.17) is 9.15 Å². The van der Waals surface area contributed by atoms with Gasteiger partial charge in [-0.2, -0.15) is 0 Å². The van der Waals surface area contributed by atoms with Crippen LogP contribution in [0.15, 0.2) is 41.0 Å². The third kappa shape index (κ3) is 2.76. The number of carbonyl (C=O) groups is 1. The summed E-state index contributed by atoms with van der Waals surface area (Å²) in [5.74, 6) is 0.104. The van der Waals surface area contributed by atoms with E-state index in [0.717, 1.165) is 0 Å². The van der Waals surface area contributed by atoms with E-state index in [2.05, 4.69) is 4.98 Å². The first-order valence-electron chi connectivity index (χ1n) is 6.78. The van der Waals surface area contributed by atoms with Gasteiger partial charge in [-0.05, 0) is 25.1 Å². The summed E-state index contributed by atoms with van der Waals surface area (Å²) < 4.78 is 10.4. The molecule has 0 aliphatic carbocycles. The van der Waals surface area contributed by atoms with Crippen LogP contribution in [-0.4, -0.2) is 15.9 Å². The summed E-state index contributed by atoms with van der Waals surface area (Å²) in [6.45, 7) is 3.09. The molecule has 2 aromatic heterocycles. The summed E-state index contributed by atoms with van der Waals surface area (Å²) in [7, 11) is 0. The molecule has 116 valence electrons. The van der Waals surface area contributed by atoms with Gasteiger partial charge in [0.25, 0.3) is 0 Å². The summed E-state index contributed by atoms with van der Waals surface area (Å²) in [4.78, 5) is 26.1. The predicted molar refractivity (Wildman–Crippen MR) is 82.1 cm³/mol. The lowest BCUT2D eigenvalue weighted by atomic mass is 10.0. The molecule has 7 heteroatoms. The Bertz CT molecular complexity index is 929. The Morgan fingerprint density at radius 1 is 1.30 bits per heavy atom. The number of carbonyl (C=O) groups excluding carboxylic acids is 1. The fourth-order valence-corrected chi connectivity index (χ4v) is 2.41. The second-order valence-electron chi connectivity index (χ2n) is 4.98. The largest absolute Gasteiger partial charge is 0.457 e. The summed E-state index contributed by atoms with van der Waals surface area (Å²) >= 11 is 0. The molecule has 0 aliphatic heterocycles. The lowest BCUT2D eigenvalue weighted by Crippen LogP contribution is -2.01. The molecule has 0 radical (unpaired) electrons. The Kier molecular flexibility index (Phi) is 3.53. The van der Waals surface area contributed by atoms with Gasteiger partial charge < -0.3 is 9.15 Å². The van der Waals surface area contributed by atoms with E-state index in [1.54, 1.807) is 31.2 Å². The van der Waals surface area contributed by atoms with Gasteiger partial charge in [0.1, 0.15) is 5.75 Å². The summed E-state index contributed by atoms with van der Waals surface area (Å²) in [5, 5.41) is 11.8. The van der Waals surface area contributed by atoms with Gasteiger partial charge in [0.05, 0.1) is 22.8 Å². The monoisotopic (exact) mass is 312 g/mol. The molecule has 0 amide bonds. The first-order chi connectivity index (χ1) is 11.0. The SMILES string of the molecule is CC(=O)Oc1ccc2c(-c3occc3[N+](=O)[O-])cc(C)nc2c1. The lowest BCUT2D eigenvalue weighted by molar-refractivity contribution is -0.384. The second-order valence-corrected chi connectivity index (χ2v) is 4.98. The topological polar surface area (TPSA) is 95.5 Å². The number of hydrogen-bond donors (Lipinski definition) is 0. The van der Waals surface area contributed by atoms with Crippen molar-refractivity contribution in [2.45, 2.75) is 13.8 Å². The van der Waals surface area contributed by atoms with Crippen molar-refractivity contribution >= 4 is 22.6 Å². The number of nitro groups is 1. The fraction of sp³-hybridized carbons (Fsp3) is 0.125. The number of pyridine rings is 1. The van der Waals surface area contributed by atoms with Gasteiger partial charge in [0.15, 0.2) is 0 Å². The molecule has 0 aliphatic rings. The highest BCUT2D eigenvalue weighted by atomic mass is 16.6. The third-order valence-corrected chi connectivity index (χ3v) is 3.26. The van der Waals surface area contributed by atoms with Gasteiger partial charge in [0.2, 0.25) is 5.76 Å². The number of benzene rings is 1. The van der Waals surface area contributed by atoms with Crippen LogP contribution in [0.5, 0.6) is 5.75 Å². The summed E-state index contributed by atoms with van der Waals surface area (Å²) in [5.41, 5.74) is 1.68. The van der Waals surface area contributed by atoms with Crippen molar-refractivity contribution in [3.05, 3.63) is 52.4 Å². The number of ether oxygens (including phenoxy) is 1. The Hall–Kier alpha value is -3.22. The number of aryl methyl sites for hydroxylation is 1. The molecule has 3 aromatic rings. The highest BCUT2D eigenvalue weighted by Crippen LogP contribution is 2.36. The number of fused-ring (bicyclic) bond motifs is 1. The minimum atomic E-state index is -0.492. The molecular formula is C16H12N2O5. The maximum Gasteiger partial charge on any atom is 0.315 e. The Morgan fingerprint density at radius 3 is 2.78 bits per heavy atom. The van der Waals surface area contributed by atoms with Crippen molar-refractivity contribution in [1.29, 1.82) is 0 Å². The molecule has 0 spiro atoms. The first kappa shape index (κ1) is 14.7. The number of rotatable bonds is 3. The van der Waals surface area contributed by atoms with Crippen molar-refractivity contribution in [2.75, 3.05) is 0 Å². The zero-order valence-electron chi connectivity index (χ0n) is 12.4. The van der Waals surface area contributed by atoms with Crippen LogP contribution in [-0.2, 0) is 4.79 Å². The molecule has 0 bridgehead atoms. The van der Waals surface area contributed by atoms with Crippen LogP contribution in [0.2, 0.25) is 0 Å². The smallest absolute Gasteiger partial charge is 0.315 e. The van der Waals surface area contributed by atoms with E-state index in [-0.39, 0.29) is 11.4 Å². The summed E-state index contributed by atoms with van der Waals surface area (Å²) in [6.07, 6.45) is 1.28. The van der Waals surface area contributed by atoms with Crippen LogP contribution in [0, 0.1) is 17.0 Å². The number of furan rings is 1. The van der Waals surface area contributed by atoms with E-state index < -0.39 is 10.9 Å². The number of nitrogens with zero attached hydrogens (tertiary/aromatic N) is 2. The summed E-state index contributed by atoms with van der Waals surface area (Å²) in [6, 6.07) is 7.95. The average Bonchev–Trinajstić information content (AvgIpc) is 2.94. The van der Waals surface area contributed by atoms with Crippen LogP contribution in [0.3, 0.4) is 0 Å². The zero-order chi connectivity index (χ0) is 16.6. The average molecular weight is 312 g/mol. The van der Waals surface area contributed by atoms with Gasteiger partial charge >= 0.3 is 11.7 Å². The van der Waals surface area contributed by atoms with Crippen molar-refractivity contribution in [1.82, 2.24) is 4.98 Å². The first-order valence-corrected chi connectivity index (χ1v) is 6.78. The van der Waals surface area contributed by atoms with Gasteiger partial charge in [-0.15, -0.1) is 0 Å². The highest BCUT2D eigenvalue weighted by Gasteiger charge is 2.21. The normalized spacial score (nSPS) is 10.7. The molecule has 3 rings (SSSR count). The molecule has 2 heterocycles. The van der Waals surface area contributed by atoms with Gasteiger partial charge in [-0.3, -0.25) is 19.9 Å². The molecule has 0 fully saturated rings. The van der Waals surface area contributed by atoms with E-state index in [1.807, 2.05) is 0 Å². The van der Waals surface area contributed by atoms with Crippen molar-refractivity contribution in [3.63, 3.8) is 0 Å². The lowest BCUT2D eigenvalue weighted by Gasteiger charge is -2.08. The van der Waals surface area contributed by atoms with E-state index in [0.29, 0.717) is 27.9 Å². The third-order valence-electron chi connectivity index (χ3n) is 3.26. The predicted octanol–water partition coefficient (Wildman–Crippen LogP) is 3.64. The van der Waals surface area contributed by atoms with Crippen LogP contribution < -0.4 is 4.74 Å². The van der Waals surface area contributed by atoms with Crippen molar-refractivity contribution < 1.29 is 18.9 Å². The number of hydrogen-bond acceptors (Lipinski definition) is 6. The molecule has 23 heavy (non-hydrogen) atoms. The zero-order valence-corrected chi connectivity index (χ0v) is 12.4. The molecule has 0 atom stereocenters. The van der Waals surface area contributed by atoms with E-state index in [1.165, 1.54) is 19.3 Å². The van der Waals surface area contributed by atoms with Gasteiger partial charge in [0, 0.05) is 29.6 Å². The minimum Gasteiger partial charge on any atom is -0.457 e. The van der Waals surface area contributed by atoms with E-state index >= 15 is 0 Å². The van der Waals surface area contributed by atoms with E-state index in [9.17, 15) is 14.9 Å². The molecule has 0 saturated heterocycles. The second kappa shape index (κ2) is 5.53. The maximum absolute atomic E-state index is 11.1. The van der Waals surface area contributed by atoms with Crippen molar-refractivity contribution in [3.8, 4) is 17.1 Å². The Labute approximate surface area is 130 Å². The number of aromatic nitrogens is 1. The molecule has 0 saturated carbocycles. The molecule has 0 unspecified atom stereocenters. The molecule has 7 nitrogen and oxygen atoms in total. The fourth-order valence-electron chi connectivity index (χ4n) is 2.41. The molecule has 1 aromatic carbocycles. The maximum atomic E-state index is 11.1. The molecule has 0 N–H and O–H groups in total. The quantitative estimate of drug-likeness (QED) is 0.317. The minimum absolute atomic E-state index is 0.110. The highest BCUT2D eigenvalue weighted by molar-refractivity contribution is 5.96. The standard InChI is InChI=1S/C16H12N2O5/c1-9-7-13(16-15(18(20)21)5-6-22-16)12-4-3-11(23-10(2)19)8-14(12)17-9/h3-8H,1-2H3. The van der Waals surface area contributed by atoms with Crippen LogP contribution >= 0.6 is 0 Å². The van der Waals surface area contributed by atoms with Gasteiger partial charge in [-0.1, -0.05) is 0 Å². The Morgan fingerprint density at radius 2 is 2.09 bits per heavy atom.